The lowest BCUT2D eigenvalue weighted by molar-refractivity contribution is 0.507. The van der Waals surface area contributed by atoms with Gasteiger partial charge in [0.05, 0.1) is 16.7 Å². The van der Waals surface area contributed by atoms with Gasteiger partial charge < -0.3 is 14.4 Å². The number of aryl methyl sites for hydroxylation is 2. The van der Waals surface area contributed by atoms with Crippen LogP contribution in [0.4, 0.5) is 34.1 Å². The smallest absolute Gasteiger partial charge is 0.0542 e. The van der Waals surface area contributed by atoms with Crippen LogP contribution in [0.15, 0.2) is 224 Å². The summed E-state index contributed by atoms with van der Waals surface area (Å²) in [6.45, 7) is 0. The van der Waals surface area contributed by atoms with Crippen molar-refractivity contribution >= 4 is 55.9 Å². The van der Waals surface area contributed by atoms with Crippen LogP contribution in [0.3, 0.4) is 0 Å². The fraction of sp³-hybridized carbons (Fsp3) is 0.0847. The Balaban J connectivity index is 0.996. The maximum Gasteiger partial charge on any atom is 0.0542 e. The lowest BCUT2D eigenvalue weighted by atomic mass is 9.76. The van der Waals surface area contributed by atoms with Crippen molar-refractivity contribution in [3.63, 3.8) is 0 Å². The number of rotatable bonds is 8. The number of hydrogen-bond donors (Lipinski definition) is 0. The van der Waals surface area contributed by atoms with Gasteiger partial charge in [0.1, 0.15) is 0 Å². The van der Waals surface area contributed by atoms with Crippen LogP contribution in [0.25, 0.3) is 38.6 Å². The average Bonchev–Trinajstić information content (AvgIpc) is 4.02. The molecule has 9 aromatic carbocycles. The molecule has 2 aliphatic rings. The van der Waals surface area contributed by atoms with Crippen molar-refractivity contribution in [3.05, 3.63) is 247 Å². The highest BCUT2D eigenvalue weighted by Gasteiger charge is 2.45. The van der Waals surface area contributed by atoms with Gasteiger partial charge in [0.15, 0.2) is 0 Å². The van der Waals surface area contributed by atoms with E-state index in [4.69, 9.17) is 0 Å². The molecule has 1 atom stereocenters. The minimum atomic E-state index is -0.0621. The monoisotopic (exact) mass is 795 g/mol. The molecule has 0 amide bonds. The van der Waals surface area contributed by atoms with E-state index >= 15 is 0 Å². The third kappa shape index (κ3) is 5.88. The SMILES string of the molecule is c1ccc(-c2ccccc2N(c2ccccc2)c2ccc3c(c2)[C@]2(CCc4ccc(N(c5ccccc5)c5ccc6c(c5)c5ccccc5n6-c5ccccc5)cc42)CC3)cc1. The van der Waals surface area contributed by atoms with Crippen molar-refractivity contribution < 1.29 is 0 Å². The Bertz CT molecular complexity index is 3240. The number of benzene rings is 9. The molecule has 3 nitrogen and oxygen atoms in total. The Labute approximate surface area is 363 Å². The molecule has 1 heterocycles. The van der Waals surface area contributed by atoms with Gasteiger partial charge in [-0.2, -0.15) is 0 Å². The van der Waals surface area contributed by atoms with Gasteiger partial charge in [-0.3, -0.25) is 0 Å². The predicted octanol–water partition coefficient (Wildman–Crippen LogP) is 15.6. The zero-order chi connectivity index (χ0) is 41.0. The molecule has 0 N–H and O–H groups in total. The van der Waals surface area contributed by atoms with Gasteiger partial charge in [-0.1, -0.05) is 133 Å². The van der Waals surface area contributed by atoms with Crippen LogP contribution >= 0.6 is 0 Å². The fourth-order valence-corrected chi connectivity index (χ4v) is 10.8. The molecule has 0 unspecified atom stereocenters. The van der Waals surface area contributed by atoms with E-state index in [2.05, 4.69) is 239 Å². The molecule has 0 bridgehead atoms. The van der Waals surface area contributed by atoms with Gasteiger partial charge in [0, 0.05) is 55.9 Å². The van der Waals surface area contributed by atoms with Gasteiger partial charge in [0.25, 0.3) is 0 Å². The van der Waals surface area contributed by atoms with Crippen molar-refractivity contribution in [2.75, 3.05) is 9.80 Å². The molecule has 3 heteroatoms. The number of fused-ring (bicyclic) bond motifs is 7. The summed E-state index contributed by atoms with van der Waals surface area (Å²) in [6.07, 6.45) is 4.39. The maximum absolute atomic E-state index is 2.54. The zero-order valence-corrected chi connectivity index (χ0v) is 34.5. The zero-order valence-electron chi connectivity index (χ0n) is 34.5. The molecule has 0 saturated carbocycles. The molecule has 0 saturated heterocycles. The molecule has 1 aromatic heterocycles. The predicted molar refractivity (Wildman–Crippen MR) is 259 cm³/mol. The van der Waals surface area contributed by atoms with Crippen molar-refractivity contribution in [2.24, 2.45) is 0 Å². The summed E-state index contributed by atoms with van der Waals surface area (Å²) in [5.74, 6) is 0. The summed E-state index contributed by atoms with van der Waals surface area (Å²) in [5.41, 5.74) is 18.8. The Morgan fingerprint density at radius 2 is 0.871 bits per heavy atom. The minimum absolute atomic E-state index is 0.0621. The molecule has 0 fully saturated rings. The van der Waals surface area contributed by atoms with Crippen LogP contribution in [0, 0.1) is 0 Å². The van der Waals surface area contributed by atoms with Crippen molar-refractivity contribution in [1.82, 2.24) is 4.57 Å². The lowest BCUT2D eigenvalue weighted by Crippen LogP contribution is -2.22. The number of anilines is 6. The molecule has 62 heavy (non-hydrogen) atoms. The van der Waals surface area contributed by atoms with E-state index in [0.717, 1.165) is 42.7 Å². The van der Waals surface area contributed by atoms with Crippen LogP contribution in [0.2, 0.25) is 0 Å². The standard InChI is InChI=1S/C59H45N3/c1-5-17-42(18-6-1)51-25-13-15-27-56(51)61(46-21-9-3-10-22-46)50-32-30-44-36-38-59(55(44)41-50)37-35-43-29-31-49(40-54(43)59)60(45-19-7-2-8-20-45)48-33-34-58-53(39-48)52-26-14-16-28-57(52)62(58)47-23-11-4-12-24-47/h1-34,39-41H,35-38H2/t59-/m1/s1. The summed E-state index contributed by atoms with van der Waals surface area (Å²) in [6, 6.07) is 82.5. The number of hydrogen-bond acceptors (Lipinski definition) is 2. The van der Waals surface area contributed by atoms with Crippen LogP contribution < -0.4 is 9.80 Å². The minimum Gasteiger partial charge on any atom is -0.310 e. The van der Waals surface area contributed by atoms with E-state index in [1.807, 2.05) is 0 Å². The topological polar surface area (TPSA) is 11.4 Å². The van der Waals surface area contributed by atoms with Crippen LogP contribution in [0.5, 0.6) is 0 Å². The fourth-order valence-electron chi connectivity index (χ4n) is 10.8. The third-order valence-electron chi connectivity index (χ3n) is 13.6. The first-order valence-electron chi connectivity index (χ1n) is 21.9. The molecule has 12 rings (SSSR count). The first-order chi connectivity index (χ1) is 30.7. The third-order valence-corrected chi connectivity index (χ3v) is 13.6. The molecule has 10 aromatic rings. The Morgan fingerprint density at radius 1 is 0.371 bits per heavy atom. The average molecular weight is 796 g/mol. The second-order valence-electron chi connectivity index (χ2n) is 16.9. The van der Waals surface area contributed by atoms with E-state index in [0.29, 0.717) is 0 Å². The molecule has 296 valence electrons. The van der Waals surface area contributed by atoms with Crippen LogP contribution in [0.1, 0.15) is 35.1 Å². The second kappa shape index (κ2) is 14.8. The quantitative estimate of drug-likeness (QED) is 0.152. The van der Waals surface area contributed by atoms with Gasteiger partial charge >= 0.3 is 0 Å². The van der Waals surface area contributed by atoms with Gasteiger partial charge in [0.2, 0.25) is 0 Å². The highest BCUT2D eigenvalue weighted by molar-refractivity contribution is 6.10. The van der Waals surface area contributed by atoms with Crippen LogP contribution in [-0.4, -0.2) is 4.57 Å². The molecule has 0 radical (unpaired) electrons. The van der Waals surface area contributed by atoms with Crippen molar-refractivity contribution in [3.8, 4) is 16.8 Å². The summed E-state index contributed by atoms with van der Waals surface area (Å²) in [4.78, 5) is 4.92. The molecular formula is C59H45N3. The largest absolute Gasteiger partial charge is 0.310 e. The van der Waals surface area contributed by atoms with E-state index in [9.17, 15) is 0 Å². The summed E-state index contributed by atoms with van der Waals surface area (Å²) in [5, 5.41) is 2.50. The lowest BCUT2D eigenvalue weighted by Gasteiger charge is -2.32. The first-order valence-corrected chi connectivity index (χ1v) is 21.9. The van der Waals surface area contributed by atoms with Gasteiger partial charge in [-0.25, -0.2) is 0 Å². The Hall–Kier alpha value is -7.62. The molecule has 0 aliphatic heterocycles. The summed E-state index contributed by atoms with van der Waals surface area (Å²) in [7, 11) is 0. The second-order valence-corrected chi connectivity index (χ2v) is 16.9. The molecule has 1 spiro atoms. The summed E-state index contributed by atoms with van der Waals surface area (Å²) < 4.78 is 2.39. The van der Waals surface area contributed by atoms with E-state index in [1.54, 1.807) is 0 Å². The Kier molecular flexibility index (Phi) is 8.67. The molecule has 2 aliphatic carbocycles. The number of aromatic nitrogens is 1. The maximum atomic E-state index is 2.54. The number of para-hydroxylation sites is 5. The Morgan fingerprint density at radius 3 is 1.55 bits per heavy atom. The van der Waals surface area contributed by atoms with E-state index in [1.165, 1.54) is 77.9 Å². The van der Waals surface area contributed by atoms with Crippen LogP contribution in [-0.2, 0) is 18.3 Å². The highest BCUT2D eigenvalue weighted by Crippen LogP contribution is 2.55. The van der Waals surface area contributed by atoms with Gasteiger partial charge in [-0.15, -0.1) is 0 Å². The number of nitrogens with zero attached hydrogens (tertiary/aromatic N) is 3. The normalized spacial score (nSPS) is 15.2. The highest BCUT2D eigenvalue weighted by atomic mass is 15.2. The molecular weight excluding hydrogens is 751 g/mol. The van der Waals surface area contributed by atoms with Gasteiger partial charge in [-0.05, 0) is 144 Å². The first kappa shape index (κ1) is 36.2. The van der Waals surface area contributed by atoms with Crippen molar-refractivity contribution in [2.45, 2.75) is 31.1 Å². The van der Waals surface area contributed by atoms with E-state index < -0.39 is 0 Å². The summed E-state index contributed by atoms with van der Waals surface area (Å²) >= 11 is 0. The van der Waals surface area contributed by atoms with Crippen molar-refractivity contribution in [1.29, 1.82) is 0 Å². The van der Waals surface area contributed by atoms with E-state index in [-0.39, 0.29) is 5.41 Å².